The number of carbonyl (C=O) groups excluding carboxylic acids is 1. The van der Waals surface area contributed by atoms with Gasteiger partial charge in [0.25, 0.3) is 5.91 Å². The molecule has 1 N–H and O–H groups in total. The first kappa shape index (κ1) is 18.5. The predicted molar refractivity (Wildman–Crippen MR) is 96.0 cm³/mol. The third kappa shape index (κ3) is 3.78. The third-order valence-corrected chi connectivity index (χ3v) is 5.90. The first-order chi connectivity index (χ1) is 12.4. The zero-order valence-corrected chi connectivity index (χ0v) is 15.7. The summed E-state index contributed by atoms with van der Waals surface area (Å²) >= 11 is 0. The van der Waals surface area contributed by atoms with Crippen LogP contribution in [0.1, 0.15) is 48.9 Å². The number of sulfonamides is 1. The minimum atomic E-state index is -3.79. The number of aryl methyl sites for hydroxylation is 1. The summed E-state index contributed by atoms with van der Waals surface area (Å²) in [5.74, 6) is 0.423. The largest absolute Gasteiger partial charge is 0.339 e. The Morgan fingerprint density at radius 1 is 1.35 bits per heavy atom. The fourth-order valence-corrected chi connectivity index (χ4v) is 4.11. The SMILES string of the molecule is CCCn1cnnc1[C@@H](C)NS(=O)(=O)c1cccc(C(=O)N2CCC2)c1. The van der Waals surface area contributed by atoms with E-state index in [2.05, 4.69) is 14.9 Å². The van der Waals surface area contributed by atoms with E-state index < -0.39 is 16.1 Å². The van der Waals surface area contributed by atoms with Crippen molar-refractivity contribution in [2.24, 2.45) is 0 Å². The number of hydrogen-bond donors (Lipinski definition) is 1. The Bertz CT molecular complexity index is 889. The van der Waals surface area contributed by atoms with E-state index in [1.165, 1.54) is 12.1 Å². The van der Waals surface area contributed by atoms with Crippen molar-refractivity contribution in [1.82, 2.24) is 24.4 Å². The van der Waals surface area contributed by atoms with Gasteiger partial charge in [-0.25, -0.2) is 13.1 Å². The van der Waals surface area contributed by atoms with Crippen molar-refractivity contribution in [2.75, 3.05) is 13.1 Å². The zero-order chi connectivity index (χ0) is 18.7. The number of nitrogens with zero attached hydrogens (tertiary/aromatic N) is 4. The number of aromatic nitrogens is 3. The Morgan fingerprint density at radius 3 is 2.77 bits per heavy atom. The fraction of sp³-hybridized carbons (Fsp3) is 0.471. The lowest BCUT2D eigenvalue weighted by Crippen LogP contribution is -2.42. The Kier molecular flexibility index (Phi) is 5.38. The molecule has 26 heavy (non-hydrogen) atoms. The van der Waals surface area contributed by atoms with Crippen LogP contribution in [0, 0.1) is 0 Å². The maximum absolute atomic E-state index is 12.7. The van der Waals surface area contributed by atoms with Crippen LogP contribution < -0.4 is 4.72 Å². The number of benzene rings is 1. The van der Waals surface area contributed by atoms with E-state index in [-0.39, 0.29) is 10.8 Å². The highest BCUT2D eigenvalue weighted by atomic mass is 32.2. The number of nitrogens with one attached hydrogen (secondary N) is 1. The van der Waals surface area contributed by atoms with Crippen LogP contribution in [0.15, 0.2) is 35.5 Å². The van der Waals surface area contributed by atoms with Gasteiger partial charge in [-0.15, -0.1) is 10.2 Å². The number of rotatable bonds is 7. The lowest BCUT2D eigenvalue weighted by Gasteiger charge is -2.31. The molecule has 0 spiro atoms. The van der Waals surface area contributed by atoms with Crippen molar-refractivity contribution < 1.29 is 13.2 Å². The van der Waals surface area contributed by atoms with Crippen LogP contribution in [0.3, 0.4) is 0 Å². The van der Waals surface area contributed by atoms with Crippen molar-refractivity contribution >= 4 is 15.9 Å². The lowest BCUT2D eigenvalue weighted by molar-refractivity contribution is 0.0651. The second-order valence-corrected chi connectivity index (χ2v) is 8.11. The molecular weight excluding hydrogens is 354 g/mol. The molecule has 1 amide bonds. The summed E-state index contributed by atoms with van der Waals surface area (Å²) in [6.45, 7) is 5.91. The summed E-state index contributed by atoms with van der Waals surface area (Å²) < 4.78 is 29.9. The molecule has 3 rings (SSSR count). The fourth-order valence-electron chi connectivity index (χ4n) is 2.86. The van der Waals surface area contributed by atoms with E-state index in [0.29, 0.717) is 17.9 Å². The molecule has 0 bridgehead atoms. The van der Waals surface area contributed by atoms with E-state index in [9.17, 15) is 13.2 Å². The quantitative estimate of drug-likeness (QED) is 0.790. The third-order valence-electron chi connectivity index (χ3n) is 4.36. The molecule has 1 saturated heterocycles. The van der Waals surface area contributed by atoms with Crippen LogP contribution in [0.5, 0.6) is 0 Å². The predicted octanol–water partition coefficient (Wildman–Crippen LogP) is 1.57. The van der Waals surface area contributed by atoms with Crippen LogP contribution in [-0.2, 0) is 16.6 Å². The highest BCUT2D eigenvalue weighted by Crippen LogP contribution is 2.19. The summed E-state index contributed by atoms with van der Waals surface area (Å²) in [4.78, 5) is 14.1. The lowest BCUT2D eigenvalue weighted by atomic mass is 10.1. The summed E-state index contributed by atoms with van der Waals surface area (Å²) in [5.41, 5.74) is 0.384. The summed E-state index contributed by atoms with van der Waals surface area (Å²) in [6.07, 6.45) is 3.47. The molecule has 0 saturated carbocycles. The molecule has 2 aromatic rings. The van der Waals surface area contributed by atoms with Crippen LogP contribution in [-0.4, -0.2) is 47.1 Å². The molecule has 1 aliphatic rings. The number of amides is 1. The molecule has 9 heteroatoms. The normalized spacial score (nSPS) is 15.5. The van der Waals surface area contributed by atoms with Gasteiger partial charge in [0, 0.05) is 25.2 Å². The van der Waals surface area contributed by atoms with Gasteiger partial charge in [0.1, 0.15) is 6.33 Å². The van der Waals surface area contributed by atoms with Gasteiger partial charge in [-0.2, -0.15) is 0 Å². The Balaban J connectivity index is 1.79. The maximum Gasteiger partial charge on any atom is 0.253 e. The summed E-state index contributed by atoms with van der Waals surface area (Å²) in [7, 11) is -3.79. The van der Waals surface area contributed by atoms with Gasteiger partial charge < -0.3 is 9.47 Å². The van der Waals surface area contributed by atoms with Crippen LogP contribution in [0.4, 0.5) is 0 Å². The molecule has 1 aromatic heterocycles. The molecule has 8 nitrogen and oxygen atoms in total. The molecule has 140 valence electrons. The number of likely N-dealkylation sites (tertiary alicyclic amines) is 1. The molecule has 2 heterocycles. The smallest absolute Gasteiger partial charge is 0.253 e. The van der Waals surface area contributed by atoms with E-state index in [4.69, 9.17) is 0 Å². The second-order valence-electron chi connectivity index (χ2n) is 6.40. The molecule has 1 aliphatic heterocycles. The molecule has 1 aromatic carbocycles. The molecule has 1 fully saturated rings. The van der Waals surface area contributed by atoms with Crippen molar-refractivity contribution in [3.63, 3.8) is 0 Å². The van der Waals surface area contributed by atoms with Crippen LogP contribution in [0.25, 0.3) is 0 Å². The average Bonchev–Trinajstić information content (AvgIpc) is 3.02. The van der Waals surface area contributed by atoms with E-state index in [1.807, 2.05) is 11.5 Å². The molecule has 0 unspecified atom stereocenters. The van der Waals surface area contributed by atoms with Gasteiger partial charge in [-0.05, 0) is 38.0 Å². The monoisotopic (exact) mass is 377 g/mol. The Morgan fingerprint density at radius 2 is 2.12 bits per heavy atom. The van der Waals surface area contributed by atoms with Gasteiger partial charge in [0.15, 0.2) is 5.82 Å². The van der Waals surface area contributed by atoms with Gasteiger partial charge in [-0.1, -0.05) is 13.0 Å². The first-order valence-corrected chi connectivity index (χ1v) is 10.2. The van der Waals surface area contributed by atoms with Crippen molar-refractivity contribution in [3.05, 3.63) is 42.0 Å². The highest BCUT2D eigenvalue weighted by molar-refractivity contribution is 7.89. The molecule has 1 atom stereocenters. The van der Waals surface area contributed by atoms with Gasteiger partial charge in [0.05, 0.1) is 10.9 Å². The van der Waals surface area contributed by atoms with Crippen molar-refractivity contribution in [1.29, 1.82) is 0 Å². The van der Waals surface area contributed by atoms with Crippen LogP contribution in [0.2, 0.25) is 0 Å². The standard InChI is InChI=1S/C17H23N5O3S/c1-3-8-22-12-18-19-16(22)13(2)20-26(24,25)15-7-4-6-14(11-15)17(23)21-9-5-10-21/h4,6-7,11-13,20H,3,5,8-10H2,1-2H3/t13-/m1/s1. The highest BCUT2D eigenvalue weighted by Gasteiger charge is 2.25. The van der Waals surface area contributed by atoms with Crippen molar-refractivity contribution in [3.8, 4) is 0 Å². The second kappa shape index (κ2) is 7.55. The van der Waals surface area contributed by atoms with E-state index in [0.717, 1.165) is 25.9 Å². The van der Waals surface area contributed by atoms with E-state index in [1.54, 1.807) is 30.3 Å². The topological polar surface area (TPSA) is 97.2 Å². The molecule has 0 aliphatic carbocycles. The van der Waals surface area contributed by atoms with Crippen LogP contribution >= 0.6 is 0 Å². The zero-order valence-electron chi connectivity index (χ0n) is 14.9. The van der Waals surface area contributed by atoms with Gasteiger partial charge in [-0.3, -0.25) is 4.79 Å². The van der Waals surface area contributed by atoms with Gasteiger partial charge >= 0.3 is 0 Å². The average molecular weight is 377 g/mol. The van der Waals surface area contributed by atoms with Gasteiger partial charge in [0.2, 0.25) is 10.0 Å². The first-order valence-electron chi connectivity index (χ1n) is 8.71. The Labute approximate surface area is 153 Å². The molecule has 0 radical (unpaired) electrons. The Hall–Kier alpha value is -2.26. The minimum absolute atomic E-state index is 0.0669. The number of hydrogen-bond acceptors (Lipinski definition) is 5. The summed E-state index contributed by atoms with van der Waals surface area (Å²) in [5, 5.41) is 7.89. The molecular formula is C17H23N5O3S. The van der Waals surface area contributed by atoms with E-state index >= 15 is 0 Å². The summed E-state index contributed by atoms with van der Waals surface area (Å²) in [6, 6.07) is 5.60. The minimum Gasteiger partial charge on any atom is -0.339 e. The van der Waals surface area contributed by atoms with Crippen molar-refractivity contribution in [2.45, 2.75) is 44.2 Å². The maximum atomic E-state index is 12.7. The number of carbonyl (C=O) groups is 1.